The molecule has 4 nitrogen and oxygen atoms in total. The number of benzene rings is 1. The fourth-order valence-corrected chi connectivity index (χ4v) is 3.06. The zero-order valence-electron chi connectivity index (χ0n) is 11.7. The van der Waals surface area contributed by atoms with E-state index in [-0.39, 0.29) is 11.6 Å². The van der Waals surface area contributed by atoms with E-state index in [1.165, 1.54) is 0 Å². The second kappa shape index (κ2) is 5.19. The maximum atomic E-state index is 6.27. The predicted molar refractivity (Wildman–Crippen MR) is 78.8 cm³/mol. The largest absolute Gasteiger partial charge is 0.375 e. The summed E-state index contributed by atoms with van der Waals surface area (Å²) in [5.74, 6) is 0.832. The van der Waals surface area contributed by atoms with Gasteiger partial charge in [-0.2, -0.15) is 0 Å². The molecule has 1 saturated heterocycles. The molecule has 1 atom stereocenters. The summed E-state index contributed by atoms with van der Waals surface area (Å²) in [6.07, 6.45) is 1.84. The van der Waals surface area contributed by atoms with Crippen molar-refractivity contribution < 1.29 is 4.74 Å². The lowest BCUT2D eigenvalue weighted by Gasteiger charge is -2.36. The van der Waals surface area contributed by atoms with Crippen LogP contribution < -0.4 is 0 Å². The zero-order chi connectivity index (χ0) is 14.2. The number of ether oxygens (including phenoxy) is 1. The first-order valence-corrected chi connectivity index (χ1v) is 7.24. The zero-order valence-corrected chi connectivity index (χ0v) is 12.5. The van der Waals surface area contributed by atoms with Crippen molar-refractivity contribution in [1.29, 1.82) is 0 Å². The van der Waals surface area contributed by atoms with Crippen LogP contribution >= 0.6 is 11.6 Å². The molecule has 0 aliphatic carbocycles. The molecule has 0 radical (unpaired) electrons. The minimum absolute atomic E-state index is 0.134. The molecule has 1 aliphatic rings. The molecular weight excluding hydrogens is 274 g/mol. The molecule has 2 aromatic rings. The second-order valence-corrected chi connectivity index (χ2v) is 6.12. The van der Waals surface area contributed by atoms with E-state index in [0.29, 0.717) is 5.28 Å². The number of nitrogens with zero attached hydrogens (tertiary/aromatic N) is 3. The van der Waals surface area contributed by atoms with Crippen molar-refractivity contribution in [3.63, 3.8) is 0 Å². The quantitative estimate of drug-likeness (QED) is 0.846. The van der Waals surface area contributed by atoms with E-state index in [0.717, 1.165) is 30.8 Å². The molecule has 2 heterocycles. The van der Waals surface area contributed by atoms with E-state index in [1.54, 1.807) is 0 Å². The van der Waals surface area contributed by atoms with Crippen molar-refractivity contribution in [2.24, 2.45) is 0 Å². The SMILES string of the molecule is CC1(C)CC(n2c(Cl)nnc2-c2ccccc2)CCO1. The first-order chi connectivity index (χ1) is 9.57. The lowest BCUT2D eigenvalue weighted by molar-refractivity contribution is -0.0688. The van der Waals surface area contributed by atoms with Gasteiger partial charge in [-0.15, -0.1) is 10.2 Å². The van der Waals surface area contributed by atoms with Crippen LogP contribution in [-0.4, -0.2) is 27.0 Å². The van der Waals surface area contributed by atoms with Gasteiger partial charge in [0.05, 0.1) is 5.60 Å². The highest BCUT2D eigenvalue weighted by Gasteiger charge is 2.32. The topological polar surface area (TPSA) is 39.9 Å². The van der Waals surface area contributed by atoms with Gasteiger partial charge in [-0.3, -0.25) is 4.57 Å². The molecule has 106 valence electrons. The monoisotopic (exact) mass is 291 g/mol. The molecule has 1 aliphatic heterocycles. The lowest BCUT2D eigenvalue weighted by Crippen LogP contribution is -2.35. The molecule has 1 aromatic heterocycles. The molecule has 3 rings (SSSR count). The van der Waals surface area contributed by atoms with Crippen LogP contribution in [0.5, 0.6) is 0 Å². The summed E-state index contributed by atoms with van der Waals surface area (Å²) >= 11 is 6.27. The average molecular weight is 292 g/mol. The maximum absolute atomic E-state index is 6.27. The molecule has 0 bridgehead atoms. The Morgan fingerprint density at radius 3 is 2.70 bits per heavy atom. The van der Waals surface area contributed by atoms with Gasteiger partial charge in [-0.25, -0.2) is 0 Å². The van der Waals surface area contributed by atoms with Crippen molar-refractivity contribution in [1.82, 2.24) is 14.8 Å². The molecular formula is C15H18ClN3O. The van der Waals surface area contributed by atoms with Gasteiger partial charge in [0.2, 0.25) is 5.28 Å². The van der Waals surface area contributed by atoms with Gasteiger partial charge in [0, 0.05) is 18.2 Å². The summed E-state index contributed by atoms with van der Waals surface area (Å²) in [5, 5.41) is 8.75. The smallest absolute Gasteiger partial charge is 0.225 e. The van der Waals surface area contributed by atoms with Crippen LogP contribution in [0.4, 0.5) is 0 Å². The first kappa shape index (κ1) is 13.6. The minimum atomic E-state index is -0.134. The van der Waals surface area contributed by atoms with Gasteiger partial charge in [0.25, 0.3) is 0 Å². The maximum Gasteiger partial charge on any atom is 0.225 e. The number of halogens is 1. The van der Waals surface area contributed by atoms with Crippen molar-refractivity contribution in [2.75, 3.05) is 6.61 Å². The Kier molecular flexibility index (Phi) is 3.52. The highest BCUT2D eigenvalue weighted by molar-refractivity contribution is 6.28. The van der Waals surface area contributed by atoms with Crippen LogP contribution in [0.3, 0.4) is 0 Å². The summed E-state index contributed by atoms with van der Waals surface area (Å²) in [4.78, 5) is 0. The van der Waals surface area contributed by atoms with E-state index in [2.05, 4.69) is 24.0 Å². The fraction of sp³-hybridized carbons (Fsp3) is 0.467. The van der Waals surface area contributed by atoms with Crippen LogP contribution in [0.15, 0.2) is 30.3 Å². The molecule has 5 heteroatoms. The normalized spacial score (nSPS) is 21.9. The van der Waals surface area contributed by atoms with E-state index < -0.39 is 0 Å². The Bertz CT molecular complexity index is 594. The average Bonchev–Trinajstić information content (AvgIpc) is 2.80. The number of aromatic nitrogens is 3. The summed E-state index contributed by atoms with van der Waals surface area (Å²) in [6.45, 7) is 4.96. The lowest BCUT2D eigenvalue weighted by atomic mass is 9.93. The molecule has 20 heavy (non-hydrogen) atoms. The van der Waals surface area contributed by atoms with Crippen molar-refractivity contribution in [3.05, 3.63) is 35.6 Å². The third kappa shape index (κ3) is 2.58. The van der Waals surface area contributed by atoms with Gasteiger partial charge < -0.3 is 4.74 Å². The molecule has 0 amide bonds. The third-order valence-electron chi connectivity index (χ3n) is 3.72. The third-order valence-corrected chi connectivity index (χ3v) is 3.98. The summed E-state index contributed by atoms with van der Waals surface area (Å²) < 4.78 is 7.82. The number of hydrogen-bond donors (Lipinski definition) is 0. The summed E-state index contributed by atoms with van der Waals surface area (Å²) in [5.41, 5.74) is 0.904. The Morgan fingerprint density at radius 2 is 2.00 bits per heavy atom. The van der Waals surface area contributed by atoms with E-state index in [9.17, 15) is 0 Å². The van der Waals surface area contributed by atoms with Gasteiger partial charge in [0.1, 0.15) is 0 Å². The number of rotatable bonds is 2. The molecule has 0 spiro atoms. The van der Waals surface area contributed by atoms with Crippen molar-refractivity contribution in [3.8, 4) is 11.4 Å². The van der Waals surface area contributed by atoms with Gasteiger partial charge in [0.15, 0.2) is 5.82 Å². The standard InChI is InChI=1S/C15H18ClN3O/c1-15(2)10-12(8-9-20-15)19-13(17-18-14(19)16)11-6-4-3-5-7-11/h3-7,12H,8-10H2,1-2H3. The van der Waals surface area contributed by atoms with E-state index in [4.69, 9.17) is 16.3 Å². The minimum Gasteiger partial charge on any atom is -0.375 e. The van der Waals surface area contributed by atoms with Crippen molar-refractivity contribution in [2.45, 2.75) is 38.3 Å². The van der Waals surface area contributed by atoms with Gasteiger partial charge in [-0.1, -0.05) is 30.3 Å². The van der Waals surface area contributed by atoms with Crippen LogP contribution in [0.25, 0.3) is 11.4 Å². The molecule has 0 N–H and O–H groups in total. The molecule has 1 fully saturated rings. The highest BCUT2D eigenvalue weighted by atomic mass is 35.5. The Morgan fingerprint density at radius 1 is 1.25 bits per heavy atom. The summed E-state index contributed by atoms with van der Waals surface area (Å²) in [6, 6.07) is 10.3. The second-order valence-electron chi connectivity index (χ2n) is 5.78. The van der Waals surface area contributed by atoms with Crippen LogP contribution in [-0.2, 0) is 4.74 Å². The predicted octanol–water partition coefficient (Wildman–Crippen LogP) is 3.73. The number of hydrogen-bond acceptors (Lipinski definition) is 3. The molecule has 1 unspecified atom stereocenters. The summed E-state index contributed by atoms with van der Waals surface area (Å²) in [7, 11) is 0. The Balaban J connectivity index is 2.00. The van der Waals surface area contributed by atoms with Gasteiger partial charge in [-0.05, 0) is 38.3 Å². The van der Waals surface area contributed by atoms with Crippen molar-refractivity contribution >= 4 is 11.6 Å². The fourth-order valence-electron chi connectivity index (χ4n) is 2.80. The molecule has 0 saturated carbocycles. The van der Waals surface area contributed by atoms with Crippen LogP contribution in [0.2, 0.25) is 5.28 Å². The Hall–Kier alpha value is -1.39. The Labute approximate surface area is 123 Å². The van der Waals surface area contributed by atoms with E-state index in [1.807, 2.05) is 34.9 Å². The molecule has 1 aromatic carbocycles. The first-order valence-electron chi connectivity index (χ1n) is 6.87. The van der Waals surface area contributed by atoms with Gasteiger partial charge >= 0.3 is 0 Å². The van der Waals surface area contributed by atoms with E-state index >= 15 is 0 Å². The highest BCUT2D eigenvalue weighted by Crippen LogP contribution is 2.36. The van der Waals surface area contributed by atoms with Crippen LogP contribution in [0, 0.1) is 0 Å². The van der Waals surface area contributed by atoms with Crippen LogP contribution in [0.1, 0.15) is 32.7 Å².